The van der Waals surface area contributed by atoms with Gasteiger partial charge in [0, 0.05) is 12.6 Å². The molecule has 0 spiro atoms. The fourth-order valence-electron chi connectivity index (χ4n) is 4.90. The van der Waals surface area contributed by atoms with Crippen LogP contribution in [0.3, 0.4) is 0 Å². The van der Waals surface area contributed by atoms with Gasteiger partial charge in [-0.25, -0.2) is 4.39 Å². The summed E-state index contributed by atoms with van der Waals surface area (Å²) in [5, 5.41) is 3.47. The van der Waals surface area contributed by atoms with Crippen LogP contribution in [0.4, 0.5) is 4.39 Å². The van der Waals surface area contributed by atoms with Crippen molar-refractivity contribution < 1.29 is 28.2 Å². The van der Waals surface area contributed by atoms with E-state index in [9.17, 15) is 18.8 Å². The number of unbranched alkanes of at least 4 members (excludes halogenated alkanes) is 1. The number of ether oxygens (including phenoxy) is 2. The number of likely N-dealkylation sites (tertiary alicyclic amines) is 1. The number of aryl methyl sites for hydroxylation is 1. The average Bonchev–Trinajstić information content (AvgIpc) is 3.05. The third-order valence-electron chi connectivity index (χ3n) is 6.89. The second kappa shape index (κ2) is 14.9. The summed E-state index contributed by atoms with van der Waals surface area (Å²) >= 11 is 0. The lowest BCUT2D eigenvalue weighted by atomic mass is 9.92. The van der Waals surface area contributed by atoms with Crippen LogP contribution in [0, 0.1) is 5.82 Å². The number of esters is 2. The number of hydrogen-bond acceptors (Lipinski definition) is 6. The highest BCUT2D eigenvalue weighted by atomic mass is 19.1. The Hall–Kier alpha value is -3.26. The number of hydrogen-bond donors (Lipinski definition) is 1. The summed E-state index contributed by atoms with van der Waals surface area (Å²) in [5.74, 6) is -1.94. The topological polar surface area (TPSA) is 84.9 Å². The number of rotatable bonds is 12. The van der Waals surface area contributed by atoms with Crippen LogP contribution in [0.2, 0.25) is 0 Å². The summed E-state index contributed by atoms with van der Waals surface area (Å²) in [6, 6.07) is 15.0. The van der Waals surface area contributed by atoms with Crippen molar-refractivity contribution in [2.45, 2.75) is 89.8 Å². The molecule has 1 N–H and O–H groups in total. The molecule has 0 unspecified atom stereocenters. The van der Waals surface area contributed by atoms with Gasteiger partial charge in [-0.1, -0.05) is 55.8 Å². The van der Waals surface area contributed by atoms with Crippen LogP contribution in [0.5, 0.6) is 0 Å². The molecule has 1 amide bonds. The van der Waals surface area contributed by atoms with Gasteiger partial charge in [-0.05, 0) is 76.1 Å². The van der Waals surface area contributed by atoms with Crippen molar-refractivity contribution in [3.63, 3.8) is 0 Å². The van der Waals surface area contributed by atoms with Crippen molar-refractivity contribution in [3.05, 3.63) is 71.5 Å². The molecule has 1 saturated heterocycles. The molecule has 8 heteroatoms. The van der Waals surface area contributed by atoms with Gasteiger partial charge in [0.25, 0.3) is 0 Å². The lowest BCUT2D eigenvalue weighted by molar-refractivity contribution is -0.159. The molecule has 1 aliphatic rings. The van der Waals surface area contributed by atoms with Crippen molar-refractivity contribution in [1.29, 1.82) is 0 Å². The van der Waals surface area contributed by atoms with Crippen LogP contribution < -0.4 is 5.32 Å². The first-order valence-corrected chi connectivity index (χ1v) is 14.3. The van der Waals surface area contributed by atoms with E-state index in [4.69, 9.17) is 9.47 Å². The Bertz CT molecular complexity index is 1100. The second-order valence-corrected chi connectivity index (χ2v) is 11.4. The van der Waals surface area contributed by atoms with Gasteiger partial charge in [0.1, 0.15) is 24.0 Å². The van der Waals surface area contributed by atoms with E-state index in [1.54, 1.807) is 32.9 Å². The van der Waals surface area contributed by atoms with Crippen molar-refractivity contribution in [2.75, 3.05) is 19.7 Å². The molecule has 3 rings (SSSR count). The molecule has 0 aliphatic carbocycles. The number of carbonyl (C=O) groups excluding carboxylic acids is 3. The maximum atomic E-state index is 13.7. The van der Waals surface area contributed by atoms with Gasteiger partial charge in [-0.2, -0.15) is 0 Å². The van der Waals surface area contributed by atoms with Crippen LogP contribution in [0.25, 0.3) is 0 Å². The fraction of sp³-hybridized carbons (Fsp3) is 0.531. The second-order valence-electron chi connectivity index (χ2n) is 11.4. The van der Waals surface area contributed by atoms with Crippen molar-refractivity contribution in [2.24, 2.45) is 0 Å². The Morgan fingerprint density at radius 2 is 1.77 bits per heavy atom. The van der Waals surface area contributed by atoms with Crippen LogP contribution in [0.1, 0.15) is 76.8 Å². The number of carbonyl (C=O) groups is 3. The predicted octanol–water partition coefficient (Wildman–Crippen LogP) is 5.18. The number of benzene rings is 2. The van der Waals surface area contributed by atoms with E-state index in [1.807, 2.05) is 37.3 Å². The zero-order valence-corrected chi connectivity index (χ0v) is 24.2. The highest BCUT2D eigenvalue weighted by molar-refractivity contribution is 5.87. The lowest BCUT2D eigenvalue weighted by Gasteiger charge is -2.29. The average molecular weight is 555 g/mol. The molecule has 1 fully saturated rings. The smallest absolute Gasteiger partial charge is 0.326 e. The van der Waals surface area contributed by atoms with Crippen molar-refractivity contribution >= 4 is 17.8 Å². The van der Waals surface area contributed by atoms with E-state index in [2.05, 4.69) is 5.32 Å². The predicted molar refractivity (Wildman–Crippen MR) is 152 cm³/mol. The lowest BCUT2D eigenvalue weighted by Crippen LogP contribution is -2.50. The molecule has 1 heterocycles. The van der Waals surface area contributed by atoms with E-state index in [0.29, 0.717) is 37.9 Å². The van der Waals surface area contributed by atoms with Crippen LogP contribution >= 0.6 is 0 Å². The highest BCUT2D eigenvalue weighted by Crippen LogP contribution is 2.29. The van der Waals surface area contributed by atoms with Gasteiger partial charge >= 0.3 is 11.9 Å². The molecule has 1 aliphatic heterocycles. The third-order valence-corrected chi connectivity index (χ3v) is 6.89. The largest absolute Gasteiger partial charge is 0.465 e. The van der Waals surface area contributed by atoms with E-state index in [1.165, 1.54) is 17.0 Å². The molecule has 0 radical (unpaired) electrons. The molecular weight excluding hydrogens is 511 g/mol. The number of halogens is 1. The zero-order valence-electron chi connectivity index (χ0n) is 24.2. The molecule has 40 heavy (non-hydrogen) atoms. The highest BCUT2D eigenvalue weighted by Gasteiger charge is 2.35. The van der Waals surface area contributed by atoms with Gasteiger partial charge in [-0.15, -0.1) is 0 Å². The Balaban J connectivity index is 1.80. The molecule has 2 aromatic rings. The minimum atomic E-state index is -0.690. The van der Waals surface area contributed by atoms with Crippen LogP contribution in [-0.4, -0.2) is 60.1 Å². The van der Waals surface area contributed by atoms with E-state index in [-0.39, 0.29) is 36.8 Å². The SMILES string of the molecule is CCCCOC(=O)[C@H](CCc1ccccc1)N[C@H]1CC[C@H](c2ccc(F)cc2)C(=O)N(CC(=O)OC(C)(C)C)C1. The van der Waals surface area contributed by atoms with Crippen molar-refractivity contribution in [1.82, 2.24) is 10.2 Å². The fourth-order valence-corrected chi connectivity index (χ4v) is 4.90. The molecule has 0 bridgehead atoms. The zero-order chi connectivity index (χ0) is 29.1. The summed E-state index contributed by atoms with van der Waals surface area (Å²) in [6.07, 6.45) is 4.01. The maximum Gasteiger partial charge on any atom is 0.326 e. The van der Waals surface area contributed by atoms with E-state index < -0.39 is 23.5 Å². The van der Waals surface area contributed by atoms with E-state index in [0.717, 1.165) is 18.4 Å². The third kappa shape index (κ3) is 10.0. The van der Waals surface area contributed by atoms with Gasteiger partial charge in [0.05, 0.1) is 12.5 Å². The number of nitrogens with one attached hydrogen (secondary N) is 1. The summed E-state index contributed by atoms with van der Waals surface area (Å²) < 4.78 is 24.7. The first kappa shape index (κ1) is 31.3. The summed E-state index contributed by atoms with van der Waals surface area (Å²) in [4.78, 5) is 41.1. The van der Waals surface area contributed by atoms with Gasteiger partial charge in [0.15, 0.2) is 0 Å². The molecule has 7 nitrogen and oxygen atoms in total. The van der Waals surface area contributed by atoms with Crippen molar-refractivity contribution in [3.8, 4) is 0 Å². The molecular formula is C32H43FN2O5. The number of amides is 1. The Morgan fingerprint density at radius 3 is 2.42 bits per heavy atom. The Morgan fingerprint density at radius 1 is 1.07 bits per heavy atom. The summed E-state index contributed by atoms with van der Waals surface area (Å²) in [5.41, 5.74) is 1.13. The van der Waals surface area contributed by atoms with Crippen LogP contribution in [0.15, 0.2) is 54.6 Å². The normalized spacial score (nSPS) is 18.6. The minimum absolute atomic E-state index is 0.207. The first-order chi connectivity index (χ1) is 19.1. The van der Waals surface area contributed by atoms with Gasteiger partial charge in [0.2, 0.25) is 5.91 Å². The Kier molecular flexibility index (Phi) is 11.7. The quantitative estimate of drug-likeness (QED) is 0.288. The van der Waals surface area contributed by atoms with Gasteiger partial charge in [-0.3, -0.25) is 19.7 Å². The summed E-state index contributed by atoms with van der Waals surface area (Å²) in [6.45, 7) is 7.77. The molecule has 0 saturated carbocycles. The molecule has 218 valence electrons. The molecule has 2 aromatic carbocycles. The monoisotopic (exact) mass is 554 g/mol. The minimum Gasteiger partial charge on any atom is -0.465 e. The standard InChI is InChI=1S/C32H43FN2O5/c1-5-6-20-39-31(38)28(19-12-23-10-8-7-9-11-23)34-26-17-18-27(24-13-15-25(33)16-14-24)30(37)35(21-26)22-29(36)40-32(2,3)4/h7-11,13-16,26-28,34H,5-6,12,17-22H2,1-4H3/t26-,27+,28-/m0/s1. The summed E-state index contributed by atoms with van der Waals surface area (Å²) in [7, 11) is 0. The Labute approximate surface area is 237 Å². The number of nitrogens with zero attached hydrogens (tertiary/aromatic N) is 1. The first-order valence-electron chi connectivity index (χ1n) is 14.3. The van der Waals surface area contributed by atoms with E-state index >= 15 is 0 Å². The van der Waals surface area contributed by atoms with Gasteiger partial charge < -0.3 is 14.4 Å². The molecule has 0 aromatic heterocycles. The molecule has 3 atom stereocenters. The van der Waals surface area contributed by atoms with Crippen LogP contribution in [-0.2, 0) is 30.3 Å². The maximum absolute atomic E-state index is 13.7.